The summed E-state index contributed by atoms with van der Waals surface area (Å²) in [5.41, 5.74) is 10.7. The molecule has 0 fully saturated rings. The Hall–Kier alpha value is -6.69. The first-order valence-electron chi connectivity index (χ1n) is 17.7. The quantitative estimate of drug-likeness (QED) is 0.173. The highest BCUT2D eigenvalue weighted by Crippen LogP contribution is 2.37. The van der Waals surface area contributed by atoms with Crippen molar-refractivity contribution in [3.8, 4) is 33.6 Å². The standard InChI is InChI=1S/C48H32N2O2S/c51-53(52,39-25-19-33(20-26-39)35-24-30-47-44(31-35)42-16-8-10-18-46(42)49(47)37-11-3-1-4-12-37)40-27-21-34(22-28-40)36-23-29-43-41-15-7-9-17-45(41)50(48(43)32-36)38-13-5-2-6-14-38/h1-32H. The van der Waals surface area contributed by atoms with Crippen LogP contribution < -0.4 is 0 Å². The van der Waals surface area contributed by atoms with E-state index in [-0.39, 0.29) is 9.79 Å². The molecule has 0 atom stereocenters. The summed E-state index contributed by atoms with van der Waals surface area (Å²) in [5, 5.41) is 4.70. The van der Waals surface area contributed by atoms with Gasteiger partial charge in [0.1, 0.15) is 0 Å². The molecule has 8 aromatic carbocycles. The average molecular weight is 701 g/mol. The number of benzene rings is 8. The Morgan fingerprint density at radius 3 is 1.26 bits per heavy atom. The molecule has 5 heteroatoms. The zero-order valence-electron chi connectivity index (χ0n) is 28.6. The molecule has 0 N–H and O–H groups in total. The largest absolute Gasteiger partial charge is 0.309 e. The second kappa shape index (κ2) is 12.2. The molecule has 0 aliphatic rings. The van der Waals surface area contributed by atoms with E-state index in [4.69, 9.17) is 0 Å². The molecule has 53 heavy (non-hydrogen) atoms. The van der Waals surface area contributed by atoms with Crippen molar-refractivity contribution in [3.05, 3.63) is 194 Å². The monoisotopic (exact) mass is 700 g/mol. The van der Waals surface area contributed by atoms with E-state index >= 15 is 0 Å². The number of aromatic nitrogens is 2. The fraction of sp³-hybridized carbons (Fsp3) is 0. The zero-order valence-corrected chi connectivity index (χ0v) is 29.4. The average Bonchev–Trinajstić information content (AvgIpc) is 3.74. The van der Waals surface area contributed by atoms with Crippen molar-refractivity contribution in [1.82, 2.24) is 9.13 Å². The number of sulfone groups is 1. The van der Waals surface area contributed by atoms with Crippen molar-refractivity contribution in [2.75, 3.05) is 0 Å². The molecule has 0 aliphatic carbocycles. The molecule has 0 amide bonds. The van der Waals surface area contributed by atoms with Crippen molar-refractivity contribution in [2.45, 2.75) is 9.79 Å². The van der Waals surface area contributed by atoms with Gasteiger partial charge in [-0.3, -0.25) is 0 Å². The fourth-order valence-corrected chi connectivity index (χ4v) is 9.06. The Morgan fingerprint density at radius 1 is 0.302 bits per heavy atom. The zero-order chi connectivity index (χ0) is 35.5. The number of fused-ring (bicyclic) bond motifs is 6. The van der Waals surface area contributed by atoms with Crippen LogP contribution in [0.3, 0.4) is 0 Å². The first kappa shape index (κ1) is 31.1. The summed E-state index contributed by atoms with van der Waals surface area (Å²) in [4.78, 5) is 0.535. The molecule has 0 unspecified atom stereocenters. The summed E-state index contributed by atoms with van der Waals surface area (Å²) in [6, 6.07) is 65.1. The highest BCUT2D eigenvalue weighted by atomic mass is 32.2. The van der Waals surface area contributed by atoms with E-state index in [1.165, 1.54) is 16.2 Å². The lowest BCUT2D eigenvalue weighted by Gasteiger charge is -2.10. The number of hydrogen-bond donors (Lipinski definition) is 0. The number of para-hydroxylation sites is 4. The lowest BCUT2D eigenvalue weighted by atomic mass is 10.0. The Kier molecular flexibility index (Phi) is 7.17. The van der Waals surface area contributed by atoms with Gasteiger partial charge in [0.25, 0.3) is 0 Å². The van der Waals surface area contributed by atoms with Gasteiger partial charge >= 0.3 is 0 Å². The van der Waals surface area contributed by atoms with Crippen molar-refractivity contribution < 1.29 is 8.42 Å². The van der Waals surface area contributed by atoms with Crippen LogP contribution in [-0.2, 0) is 9.84 Å². The molecule has 0 spiro atoms. The van der Waals surface area contributed by atoms with Crippen molar-refractivity contribution in [2.24, 2.45) is 0 Å². The molecule has 10 aromatic rings. The molecule has 0 bridgehead atoms. The minimum absolute atomic E-state index is 0.267. The first-order chi connectivity index (χ1) is 26.0. The van der Waals surface area contributed by atoms with Crippen molar-refractivity contribution >= 4 is 53.4 Å². The van der Waals surface area contributed by atoms with Crippen LogP contribution in [0.4, 0.5) is 0 Å². The molecular formula is C48H32N2O2S. The number of hydrogen-bond acceptors (Lipinski definition) is 2. The van der Waals surface area contributed by atoms with Gasteiger partial charge in [0.05, 0.1) is 31.9 Å². The predicted octanol–water partition coefficient (Wildman–Crippen LogP) is 12.0. The summed E-state index contributed by atoms with van der Waals surface area (Å²) in [5.74, 6) is 0. The summed E-state index contributed by atoms with van der Waals surface area (Å²) >= 11 is 0. The summed E-state index contributed by atoms with van der Waals surface area (Å²) in [6.45, 7) is 0. The maximum atomic E-state index is 13.9. The van der Waals surface area contributed by atoms with Gasteiger partial charge in [-0.2, -0.15) is 0 Å². The summed E-state index contributed by atoms with van der Waals surface area (Å²) in [7, 11) is -3.73. The number of rotatable bonds is 6. The summed E-state index contributed by atoms with van der Waals surface area (Å²) in [6.07, 6.45) is 0. The van der Waals surface area contributed by atoms with Crippen LogP contribution in [-0.4, -0.2) is 17.6 Å². The Morgan fingerprint density at radius 2 is 0.698 bits per heavy atom. The molecule has 2 heterocycles. The first-order valence-corrected chi connectivity index (χ1v) is 19.2. The molecule has 252 valence electrons. The van der Waals surface area contributed by atoms with Crippen LogP contribution in [0.1, 0.15) is 0 Å². The van der Waals surface area contributed by atoms with E-state index in [0.717, 1.165) is 61.1 Å². The molecular weight excluding hydrogens is 669 g/mol. The third-order valence-corrected chi connectivity index (χ3v) is 12.2. The third kappa shape index (κ3) is 5.08. The van der Waals surface area contributed by atoms with Gasteiger partial charge < -0.3 is 9.13 Å². The smallest absolute Gasteiger partial charge is 0.206 e. The van der Waals surface area contributed by atoms with E-state index in [1.54, 1.807) is 24.3 Å². The molecule has 0 radical (unpaired) electrons. The molecule has 10 rings (SSSR count). The second-order valence-corrected chi connectivity index (χ2v) is 15.3. The molecule has 4 nitrogen and oxygen atoms in total. The summed E-state index contributed by atoms with van der Waals surface area (Å²) < 4.78 is 32.3. The van der Waals surface area contributed by atoms with E-state index in [1.807, 2.05) is 36.4 Å². The van der Waals surface area contributed by atoms with Crippen LogP contribution in [0.25, 0.3) is 77.2 Å². The van der Waals surface area contributed by atoms with Crippen LogP contribution in [0.5, 0.6) is 0 Å². The highest BCUT2D eigenvalue weighted by molar-refractivity contribution is 7.91. The van der Waals surface area contributed by atoms with E-state index in [2.05, 4.69) is 143 Å². The maximum absolute atomic E-state index is 13.9. The lowest BCUT2D eigenvalue weighted by Crippen LogP contribution is -2.01. The molecule has 2 aromatic heterocycles. The Bertz CT molecular complexity index is 3090. The Balaban J connectivity index is 0.966. The van der Waals surface area contributed by atoms with Crippen LogP contribution in [0.2, 0.25) is 0 Å². The van der Waals surface area contributed by atoms with Gasteiger partial charge in [-0.25, -0.2) is 8.42 Å². The van der Waals surface area contributed by atoms with E-state index < -0.39 is 9.84 Å². The van der Waals surface area contributed by atoms with Crippen LogP contribution >= 0.6 is 0 Å². The van der Waals surface area contributed by atoms with Crippen LogP contribution in [0.15, 0.2) is 204 Å². The molecule has 0 aliphatic heterocycles. The van der Waals surface area contributed by atoms with Crippen molar-refractivity contribution in [3.63, 3.8) is 0 Å². The van der Waals surface area contributed by atoms with Gasteiger partial charge in [-0.1, -0.05) is 115 Å². The molecule has 0 saturated carbocycles. The molecule has 0 saturated heterocycles. The topological polar surface area (TPSA) is 44.0 Å². The van der Waals surface area contributed by atoms with Gasteiger partial charge in [-0.15, -0.1) is 0 Å². The van der Waals surface area contributed by atoms with Gasteiger partial charge in [0, 0.05) is 32.9 Å². The number of nitrogens with zero attached hydrogens (tertiary/aromatic N) is 2. The fourth-order valence-electron chi connectivity index (χ4n) is 7.80. The van der Waals surface area contributed by atoms with Gasteiger partial charge in [0.2, 0.25) is 9.84 Å². The highest BCUT2D eigenvalue weighted by Gasteiger charge is 2.19. The minimum atomic E-state index is -3.73. The SMILES string of the molecule is O=S(=O)(c1ccc(-c2ccc3c(c2)c2ccccc2n3-c2ccccc2)cc1)c1ccc(-c2ccc3c4ccccc4n(-c4ccccc4)c3c2)cc1. The van der Waals surface area contributed by atoms with Crippen LogP contribution in [0, 0.1) is 0 Å². The third-order valence-electron chi connectivity index (χ3n) is 10.4. The second-order valence-electron chi connectivity index (χ2n) is 13.4. The van der Waals surface area contributed by atoms with Crippen molar-refractivity contribution in [1.29, 1.82) is 0 Å². The maximum Gasteiger partial charge on any atom is 0.206 e. The predicted molar refractivity (Wildman–Crippen MR) is 218 cm³/mol. The van der Waals surface area contributed by atoms with E-state index in [9.17, 15) is 8.42 Å². The van der Waals surface area contributed by atoms with Gasteiger partial charge in [-0.05, 0) is 101 Å². The minimum Gasteiger partial charge on any atom is -0.309 e. The van der Waals surface area contributed by atoms with Gasteiger partial charge in [0.15, 0.2) is 0 Å². The lowest BCUT2D eigenvalue weighted by molar-refractivity contribution is 0.596. The Labute approximate surface area is 307 Å². The normalized spacial score (nSPS) is 11.9. The van der Waals surface area contributed by atoms with E-state index in [0.29, 0.717) is 0 Å².